The minimum Gasteiger partial charge on any atom is -0.242 e. The zero-order chi connectivity index (χ0) is 9.26. The number of aryl methyl sites for hydroxylation is 1. The normalized spacial score (nSPS) is 10.3. The van der Waals surface area contributed by atoms with Crippen molar-refractivity contribution in [2.45, 2.75) is 6.92 Å². The lowest BCUT2D eigenvalue weighted by Gasteiger charge is -1.95. The van der Waals surface area contributed by atoms with Gasteiger partial charge in [0.05, 0.1) is 14.9 Å². The molecule has 0 aliphatic carbocycles. The minimum atomic E-state index is 0.780. The molecule has 0 aliphatic rings. The maximum Gasteiger partial charge on any atom is 0.125 e. The van der Waals surface area contributed by atoms with Crippen molar-refractivity contribution in [3.05, 3.63) is 34.6 Å². The second-order valence-corrected chi connectivity index (χ2v) is 4.31. The number of aromatic nitrogens is 2. The lowest BCUT2D eigenvalue weighted by atomic mass is 10.3. The molecule has 0 bridgehead atoms. The predicted octanol–water partition coefficient (Wildman–Crippen LogP) is 3.17. The van der Waals surface area contributed by atoms with E-state index in [2.05, 4.69) is 9.97 Å². The summed E-state index contributed by atoms with van der Waals surface area (Å²) in [5, 5.41) is 0. The summed E-state index contributed by atoms with van der Waals surface area (Å²) < 4.78 is 0.784. The SMILES string of the molecule is Cc1nccc(-c2ccc(Cl)s2)n1. The first-order valence-corrected chi connectivity index (χ1v) is 5.00. The van der Waals surface area contributed by atoms with Crippen molar-refractivity contribution in [1.82, 2.24) is 9.97 Å². The fourth-order valence-electron chi connectivity index (χ4n) is 1.05. The van der Waals surface area contributed by atoms with Gasteiger partial charge in [-0.05, 0) is 25.1 Å². The van der Waals surface area contributed by atoms with E-state index in [0.29, 0.717) is 0 Å². The van der Waals surface area contributed by atoms with Gasteiger partial charge in [0.15, 0.2) is 0 Å². The highest BCUT2D eigenvalue weighted by Gasteiger charge is 2.02. The molecule has 0 amide bonds. The van der Waals surface area contributed by atoms with Gasteiger partial charge < -0.3 is 0 Å². The van der Waals surface area contributed by atoms with Gasteiger partial charge in [0.1, 0.15) is 5.82 Å². The molecule has 0 N–H and O–H groups in total. The molecule has 0 radical (unpaired) electrons. The monoisotopic (exact) mass is 210 g/mol. The Hall–Kier alpha value is -0.930. The van der Waals surface area contributed by atoms with E-state index < -0.39 is 0 Å². The van der Waals surface area contributed by atoms with Crippen molar-refractivity contribution in [1.29, 1.82) is 0 Å². The van der Waals surface area contributed by atoms with E-state index in [1.807, 2.05) is 25.1 Å². The Morgan fingerprint density at radius 3 is 2.77 bits per heavy atom. The quantitative estimate of drug-likeness (QED) is 0.723. The van der Waals surface area contributed by atoms with Gasteiger partial charge in [-0.1, -0.05) is 11.6 Å². The molecule has 0 spiro atoms. The van der Waals surface area contributed by atoms with E-state index in [0.717, 1.165) is 20.7 Å². The molecule has 0 aromatic carbocycles. The molecule has 0 unspecified atom stereocenters. The lowest BCUT2D eigenvalue weighted by molar-refractivity contribution is 1.06. The topological polar surface area (TPSA) is 25.8 Å². The first-order chi connectivity index (χ1) is 6.25. The van der Waals surface area contributed by atoms with Gasteiger partial charge in [0.2, 0.25) is 0 Å². The molecule has 66 valence electrons. The number of rotatable bonds is 1. The highest BCUT2D eigenvalue weighted by molar-refractivity contribution is 7.19. The molecule has 4 heteroatoms. The number of thiophene rings is 1. The molecule has 0 saturated carbocycles. The van der Waals surface area contributed by atoms with Crippen LogP contribution < -0.4 is 0 Å². The molecule has 0 aliphatic heterocycles. The van der Waals surface area contributed by atoms with Crippen LogP contribution in [0.4, 0.5) is 0 Å². The van der Waals surface area contributed by atoms with Crippen LogP contribution in [-0.4, -0.2) is 9.97 Å². The number of halogens is 1. The lowest BCUT2D eigenvalue weighted by Crippen LogP contribution is -1.87. The van der Waals surface area contributed by atoms with Crippen LogP contribution in [0.5, 0.6) is 0 Å². The van der Waals surface area contributed by atoms with Crippen molar-refractivity contribution >= 4 is 22.9 Å². The smallest absolute Gasteiger partial charge is 0.125 e. The van der Waals surface area contributed by atoms with Gasteiger partial charge in [-0.3, -0.25) is 0 Å². The summed E-state index contributed by atoms with van der Waals surface area (Å²) >= 11 is 7.35. The Morgan fingerprint density at radius 1 is 1.31 bits per heavy atom. The molecule has 0 saturated heterocycles. The van der Waals surface area contributed by atoms with Crippen molar-refractivity contribution in [3.63, 3.8) is 0 Å². The van der Waals surface area contributed by atoms with Gasteiger partial charge >= 0.3 is 0 Å². The van der Waals surface area contributed by atoms with Crippen molar-refractivity contribution < 1.29 is 0 Å². The maximum atomic E-state index is 5.83. The zero-order valence-corrected chi connectivity index (χ0v) is 8.56. The van der Waals surface area contributed by atoms with Crippen LogP contribution in [0.25, 0.3) is 10.6 Å². The van der Waals surface area contributed by atoms with E-state index in [1.54, 1.807) is 6.20 Å². The fourth-order valence-corrected chi connectivity index (χ4v) is 2.06. The first-order valence-electron chi connectivity index (χ1n) is 3.81. The summed E-state index contributed by atoms with van der Waals surface area (Å²) in [6, 6.07) is 5.73. The Balaban J connectivity index is 2.46. The fraction of sp³-hybridized carbons (Fsp3) is 0.111. The van der Waals surface area contributed by atoms with E-state index in [4.69, 9.17) is 11.6 Å². The zero-order valence-electron chi connectivity index (χ0n) is 6.99. The highest BCUT2D eigenvalue weighted by atomic mass is 35.5. The van der Waals surface area contributed by atoms with Crippen LogP contribution in [-0.2, 0) is 0 Å². The Labute approximate surface area is 85.2 Å². The summed E-state index contributed by atoms with van der Waals surface area (Å²) in [6.45, 7) is 1.87. The van der Waals surface area contributed by atoms with Crippen molar-refractivity contribution in [3.8, 4) is 10.6 Å². The third-order valence-electron chi connectivity index (χ3n) is 1.60. The van der Waals surface area contributed by atoms with Gasteiger partial charge in [0.25, 0.3) is 0 Å². The molecule has 2 heterocycles. The largest absolute Gasteiger partial charge is 0.242 e. The molecule has 0 atom stereocenters. The highest BCUT2D eigenvalue weighted by Crippen LogP contribution is 2.29. The molecule has 13 heavy (non-hydrogen) atoms. The van der Waals surface area contributed by atoms with Crippen LogP contribution in [0.3, 0.4) is 0 Å². The molecule has 2 aromatic rings. The maximum absolute atomic E-state index is 5.83. The minimum absolute atomic E-state index is 0.780. The summed E-state index contributed by atoms with van der Waals surface area (Å²) in [6.07, 6.45) is 1.76. The second kappa shape index (κ2) is 3.44. The van der Waals surface area contributed by atoms with Gasteiger partial charge in [-0.15, -0.1) is 11.3 Å². The van der Waals surface area contributed by atoms with Crippen LogP contribution in [0, 0.1) is 6.92 Å². The second-order valence-electron chi connectivity index (χ2n) is 2.59. The Kier molecular flexibility index (Phi) is 2.29. The van der Waals surface area contributed by atoms with Crippen molar-refractivity contribution in [2.24, 2.45) is 0 Å². The van der Waals surface area contributed by atoms with E-state index >= 15 is 0 Å². The Morgan fingerprint density at radius 2 is 2.15 bits per heavy atom. The van der Waals surface area contributed by atoms with E-state index in [-0.39, 0.29) is 0 Å². The average Bonchev–Trinajstić information content (AvgIpc) is 2.52. The number of nitrogens with zero attached hydrogens (tertiary/aromatic N) is 2. The summed E-state index contributed by atoms with van der Waals surface area (Å²) in [5.41, 5.74) is 0.935. The molecule has 2 aromatic heterocycles. The van der Waals surface area contributed by atoms with Gasteiger partial charge in [0, 0.05) is 6.20 Å². The predicted molar refractivity (Wildman–Crippen MR) is 55.1 cm³/mol. The number of hydrogen-bond acceptors (Lipinski definition) is 3. The van der Waals surface area contributed by atoms with Crippen molar-refractivity contribution in [2.75, 3.05) is 0 Å². The van der Waals surface area contributed by atoms with E-state index in [1.165, 1.54) is 11.3 Å². The summed E-state index contributed by atoms with van der Waals surface area (Å²) in [4.78, 5) is 9.41. The van der Waals surface area contributed by atoms with Crippen LogP contribution in [0.15, 0.2) is 24.4 Å². The molecule has 0 fully saturated rings. The summed E-state index contributed by atoms with van der Waals surface area (Å²) in [7, 11) is 0. The third kappa shape index (κ3) is 1.87. The van der Waals surface area contributed by atoms with Gasteiger partial charge in [-0.2, -0.15) is 0 Å². The number of hydrogen-bond donors (Lipinski definition) is 0. The molecule has 2 rings (SSSR count). The summed E-state index contributed by atoms with van der Waals surface area (Å²) in [5.74, 6) is 0.780. The molecular weight excluding hydrogens is 204 g/mol. The first kappa shape index (κ1) is 8.66. The van der Waals surface area contributed by atoms with Crippen LogP contribution >= 0.6 is 22.9 Å². The van der Waals surface area contributed by atoms with Gasteiger partial charge in [-0.25, -0.2) is 9.97 Å². The Bertz CT molecular complexity index is 425. The standard InChI is InChI=1S/C9H7ClN2S/c1-6-11-5-4-7(12-6)8-2-3-9(10)13-8/h2-5H,1H3. The average molecular weight is 211 g/mol. The van der Waals surface area contributed by atoms with Crippen LogP contribution in [0.1, 0.15) is 5.82 Å². The molecule has 2 nitrogen and oxygen atoms in total. The molecular formula is C9H7ClN2S. The van der Waals surface area contributed by atoms with E-state index in [9.17, 15) is 0 Å². The van der Waals surface area contributed by atoms with Crippen LogP contribution in [0.2, 0.25) is 4.34 Å². The third-order valence-corrected chi connectivity index (χ3v) is 2.86.